The van der Waals surface area contributed by atoms with Crippen LogP contribution in [0.3, 0.4) is 0 Å². The summed E-state index contributed by atoms with van der Waals surface area (Å²) < 4.78 is 0. The molecule has 0 aliphatic carbocycles. The molecule has 0 radical (unpaired) electrons. The van der Waals surface area contributed by atoms with Crippen molar-refractivity contribution >= 4 is 46.6 Å². The first kappa shape index (κ1) is 23.3. The molecule has 164 valence electrons. The lowest BCUT2D eigenvalue weighted by molar-refractivity contribution is 0.0707. The van der Waals surface area contributed by atoms with Crippen molar-refractivity contribution in [2.75, 3.05) is 19.4 Å². The molecule has 3 aromatic rings. The van der Waals surface area contributed by atoms with E-state index < -0.39 is 11.8 Å². The van der Waals surface area contributed by atoms with E-state index in [1.165, 1.54) is 29.2 Å². The summed E-state index contributed by atoms with van der Waals surface area (Å²) in [6, 6.07) is 15.8. The minimum absolute atomic E-state index is 0.181. The quantitative estimate of drug-likeness (QED) is 0.369. The molecule has 0 aromatic heterocycles. The Labute approximate surface area is 194 Å². The summed E-state index contributed by atoms with van der Waals surface area (Å²) in [5.41, 5.74) is 3.60. The molecule has 3 N–H and O–H groups in total. The number of carbonyl (C=O) groups is 3. The van der Waals surface area contributed by atoms with E-state index in [9.17, 15) is 14.4 Å². The van der Waals surface area contributed by atoms with Crippen LogP contribution in [0.5, 0.6) is 0 Å². The summed E-state index contributed by atoms with van der Waals surface area (Å²) in [6.07, 6.45) is 0. The summed E-state index contributed by atoms with van der Waals surface area (Å²) in [5.74, 6) is -1.49. The number of halogens is 2. The molecule has 0 aliphatic heterocycles. The van der Waals surface area contributed by atoms with Crippen molar-refractivity contribution in [1.29, 1.82) is 0 Å². The minimum Gasteiger partial charge on any atom is -0.345 e. The molecule has 0 spiro atoms. The van der Waals surface area contributed by atoms with Gasteiger partial charge in [0.25, 0.3) is 17.7 Å². The van der Waals surface area contributed by atoms with Gasteiger partial charge in [0.1, 0.15) is 0 Å². The standard InChI is InChI=1S/C23H19Cl2N3O4/c1-28(2)23(31)14-9-13(17-5-3-4-6-18(17)22(30)27-32)10-16(11-14)26-21(29)19-8-7-15(24)12-20(19)25/h3-12,32H,1-2H3,(H,26,29)(H,27,30). The minimum atomic E-state index is -0.705. The summed E-state index contributed by atoms with van der Waals surface area (Å²) in [5, 5.41) is 12.4. The Morgan fingerprint density at radius 3 is 2.25 bits per heavy atom. The van der Waals surface area contributed by atoms with E-state index in [2.05, 4.69) is 5.32 Å². The second-order valence-electron chi connectivity index (χ2n) is 7.06. The third-order valence-electron chi connectivity index (χ3n) is 4.60. The molecule has 0 bridgehead atoms. The van der Waals surface area contributed by atoms with Crippen LogP contribution < -0.4 is 10.8 Å². The van der Waals surface area contributed by atoms with Gasteiger partial charge in [0.15, 0.2) is 0 Å². The van der Waals surface area contributed by atoms with E-state index in [1.54, 1.807) is 56.0 Å². The van der Waals surface area contributed by atoms with Gasteiger partial charge in [0, 0.05) is 35.9 Å². The normalized spacial score (nSPS) is 10.4. The molecular formula is C23H19Cl2N3O4. The fraction of sp³-hybridized carbons (Fsp3) is 0.0870. The highest BCUT2D eigenvalue weighted by atomic mass is 35.5. The van der Waals surface area contributed by atoms with Crippen molar-refractivity contribution in [3.8, 4) is 11.1 Å². The Morgan fingerprint density at radius 2 is 1.59 bits per heavy atom. The van der Waals surface area contributed by atoms with Gasteiger partial charge in [-0.3, -0.25) is 19.6 Å². The lowest BCUT2D eigenvalue weighted by atomic mass is 9.96. The molecule has 0 aliphatic rings. The number of benzene rings is 3. The number of hydroxylamine groups is 1. The number of anilines is 1. The molecule has 3 rings (SSSR count). The number of carbonyl (C=O) groups excluding carboxylic acids is 3. The topological polar surface area (TPSA) is 98.7 Å². The van der Waals surface area contributed by atoms with Crippen LogP contribution in [0.25, 0.3) is 11.1 Å². The zero-order chi connectivity index (χ0) is 23.4. The summed E-state index contributed by atoms with van der Waals surface area (Å²) in [6.45, 7) is 0. The first-order valence-electron chi connectivity index (χ1n) is 9.38. The maximum Gasteiger partial charge on any atom is 0.275 e. The van der Waals surface area contributed by atoms with Crippen molar-refractivity contribution in [3.05, 3.63) is 87.4 Å². The summed E-state index contributed by atoms with van der Waals surface area (Å²) >= 11 is 12.0. The maximum atomic E-state index is 12.8. The Hall–Kier alpha value is -3.39. The molecular weight excluding hydrogens is 453 g/mol. The zero-order valence-corrected chi connectivity index (χ0v) is 18.7. The van der Waals surface area contributed by atoms with Gasteiger partial charge in [-0.05, 0) is 53.6 Å². The van der Waals surface area contributed by atoms with Crippen LogP contribution in [0, 0.1) is 0 Å². The first-order valence-corrected chi connectivity index (χ1v) is 10.1. The number of nitrogens with one attached hydrogen (secondary N) is 2. The van der Waals surface area contributed by atoms with Gasteiger partial charge in [0.05, 0.1) is 10.6 Å². The SMILES string of the molecule is CN(C)C(=O)c1cc(NC(=O)c2ccc(Cl)cc2Cl)cc(-c2ccccc2C(=O)NO)c1. The van der Waals surface area contributed by atoms with Crippen LogP contribution in [0.2, 0.25) is 10.0 Å². The Bertz CT molecular complexity index is 1210. The van der Waals surface area contributed by atoms with E-state index in [0.29, 0.717) is 27.4 Å². The molecule has 0 heterocycles. The zero-order valence-electron chi connectivity index (χ0n) is 17.1. The average Bonchev–Trinajstić information content (AvgIpc) is 2.77. The Morgan fingerprint density at radius 1 is 0.875 bits per heavy atom. The van der Waals surface area contributed by atoms with Crippen LogP contribution in [0.4, 0.5) is 5.69 Å². The largest absolute Gasteiger partial charge is 0.345 e. The van der Waals surface area contributed by atoms with E-state index in [-0.39, 0.29) is 22.1 Å². The predicted molar refractivity (Wildman–Crippen MR) is 124 cm³/mol. The van der Waals surface area contributed by atoms with Crippen LogP contribution in [0.15, 0.2) is 60.7 Å². The average molecular weight is 472 g/mol. The molecule has 7 nitrogen and oxygen atoms in total. The van der Waals surface area contributed by atoms with Gasteiger partial charge in [-0.2, -0.15) is 0 Å². The number of amides is 3. The molecule has 0 atom stereocenters. The smallest absolute Gasteiger partial charge is 0.275 e. The molecule has 3 amide bonds. The third-order valence-corrected chi connectivity index (χ3v) is 5.15. The van der Waals surface area contributed by atoms with E-state index in [4.69, 9.17) is 28.4 Å². The van der Waals surface area contributed by atoms with Crippen molar-refractivity contribution < 1.29 is 19.6 Å². The molecule has 0 fully saturated rings. The van der Waals surface area contributed by atoms with Crippen LogP contribution in [0.1, 0.15) is 31.1 Å². The van der Waals surface area contributed by atoms with Gasteiger partial charge in [-0.1, -0.05) is 41.4 Å². The first-order chi connectivity index (χ1) is 15.2. The molecule has 0 unspecified atom stereocenters. The highest BCUT2D eigenvalue weighted by molar-refractivity contribution is 6.37. The van der Waals surface area contributed by atoms with Crippen LogP contribution >= 0.6 is 23.2 Å². The molecule has 0 saturated heterocycles. The third kappa shape index (κ3) is 5.08. The van der Waals surface area contributed by atoms with E-state index >= 15 is 0 Å². The number of rotatable bonds is 5. The molecule has 0 saturated carbocycles. The van der Waals surface area contributed by atoms with Gasteiger partial charge >= 0.3 is 0 Å². The van der Waals surface area contributed by atoms with E-state index in [0.717, 1.165) is 0 Å². The van der Waals surface area contributed by atoms with Crippen molar-refractivity contribution in [1.82, 2.24) is 10.4 Å². The molecule has 9 heteroatoms. The van der Waals surface area contributed by atoms with Crippen molar-refractivity contribution in [2.24, 2.45) is 0 Å². The maximum absolute atomic E-state index is 12.8. The lowest BCUT2D eigenvalue weighted by Gasteiger charge is -2.16. The van der Waals surface area contributed by atoms with Gasteiger partial charge < -0.3 is 10.2 Å². The van der Waals surface area contributed by atoms with Gasteiger partial charge in [-0.25, -0.2) is 5.48 Å². The Kier molecular flexibility index (Phi) is 7.15. The second kappa shape index (κ2) is 9.82. The Balaban J connectivity index is 2.10. The lowest BCUT2D eigenvalue weighted by Crippen LogP contribution is -2.22. The highest BCUT2D eigenvalue weighted by Crippen LogP contribution is 2.29. The van der Waals surface area contributed by atoms with Crippen molar-refractivity contribution in [3.63, 3.8) is 0 Å². The number of hydrogen-bond acceptors (Lipinski definition) is 4. The van der Waals surface area contributed by atoms with Gasteiger partial charge in [-0.15, -0.1) is 0 Å². The highest BCUT2D eigenvalue weighted by Gasteiger charge is 2.18. The number of hydrogen-bond donors (Lipinski definition) is 3. The van der Waals surface area contributed by atoms with Crippen LogP contribution in [-0.4, -0.2) is 41.9 Å². The van der Waals surface area contributed by atoms with Gasteiger partial charge in [0.2, 0.25) is 0 Å². The van der Waals surface area contributed by atoms with Crippen LogP contribution in [-0.2, 0) is 0 Å². The fourth-order valence-electron chi connectivity index (χ4n) is 3.10. The molecule has 32 heavy (non-hydrogen) atoms. The van der Waals surface area contributed by atoms with E-state index in [1.807, 2.05) is 0 Å². The summed E-state index contributed by atoms with van der Waals surface area (Å²) in [7, 11) is 3.21. The second-order valence-corrected chi connectivity index (χ2v) is 7.91. The number of nitrogens with zero attached hydrogens (tertiary/aromatic N) is 1. The van der Waals surface area contributed by atoms with Crippen molar-refractivity contribution in [2.45, 2.75) is 0 Å². The summed E-state index contributed by atoms with van der Waals surface area (Å²) in [4.78, 5) is 39.0. The predicted octanol–water partition coefficient (Wildman–Crippen LogP) is 4.73. The monoisotopic (exact) mass is 471 g/mol. The fourth-order valence-corrected chi connectivity index (χ4v) is 3.60. The molecule has 3 aromatic carbocycles.